The van der Waals surface area contributed by atoms with Crippen LogP contribution < -0.4 is 15.0 Å². The van der Waals surface area contributed by atoms with E-state index in [2.05, 4.69) is 0 Å². The smallest absolute Gasteiger partial charge is 0.263 e. The molecule has 35 heavy (non-hydrogen) atoms. The van der Waals surface area contributed by atoms with E-state index in [0.29, 0.717) is 42.6 Å². The molecule has 0 bridgehead atoms. The summed E-state index contributed by atoms with van der Waals surface area (Å²) < 4.78 is 46.3. The quantitative estimate of drug-likeness (QED) is 0.435. The highest BCUT2D eigenvalue weighted by molar-refractivity contribution is 6.07. The van der Waals surface area contributed by atoms with Crippen molar-refractivity contribution in [2.45, 2.75) is 0 Å². The first-order chi connectivity index (χ1) is 16.9. The molecule has 0 saturated carbocycles. The van der Waals surface area contributed by atoms with E-state index < -0.39 is 18.2 Å². The Kier molecular flexibility index (Phi) is 5.89. The van der Waals surface area contributed by atoms with Crippen molar-refractivity contribution in [3.8, 4) is 17.2 Å². The van der Waals surface area contributed by atoms with Crippen molar-refractivity contribution in [2.24, 2.45) is 7.05 Å². The molecule has 0 unspecified atom stereocenters. The SMILES string of the molecule is COc1cc2c(C(=O)N3CCOCC3)cn(-c3cc(F)cc4c3ccn4C)c(=O)c2cc1OCF. The van der Waals surface area contributed by atoms with E-state index >= 15 is 0 Å². The summed E-state index contributed by atoms with van der Waals surface area (Å²) in [5, 5.41) is 1.07. The zero-order valence-electron chi connectivity index (χ0n) is 19.2. The van der Waals surface area contributed by atoms with Crippen LogP contribution in [-0.4, -0.2) is 60.2 Å². The minimum Gasteiger partial charge on any atom is -0.493 e. The molecule has 0 radical (unpaired) electrons. The molecule has 5 rings (SSSR count). The lowest BCUT2D eigenvalue weighted by Gasteiger charge is -2.27. The molecule has 0 N–H and O–H groups in total. The molecule has 4 aromatic rings. The van der Waals surface area contributed by atoms with Crippen molar-refractivity contribution in [2.75, 3.05) is 40.3 Å². The van der Waals surface area contributed by atoms with Crippen LogP contribution in [0.3, 0.4) is 0 Å². The molecular weight excluding hydrogens is 460 g/mol. The number of halogens is 2. The van der Waals surface area contributed by atoms with Crippen LogP contribution >= 0.6 is 0 Å². The number of amides is 1. The summed E-state index contributed by atoms with van der Waals surface area (Å²) >= 11 is 0. The number of nitrogens with zero attached hydrogens (tertiary/aromatic N) is 3. The summed E-state index contributed by atoms with van der Waals surface area (Å²) in [5.41, 5.74) is 0.581. The van der Waals surface area contributed by atoms with Crippen LogP contribution in [0.25, 0.3) is 27.4 Å². The van der Waals surface area contributed by atoms with Gasteiger partial charge in [0.15, 0.2) is 11.5 Å². The predicted molar refractivity (Wildman–Crippen MR) is 126 cm³/mol. The van der Waals surface area contributed by atoms with Gasteiger partial charge in [0.05, 0.1) is 42.5 Å². The molecule has 8 nitrogen and oxygen atoms in total. The Morgan fingerprint density at radius 1 is 1.09 bits per heavy atom. The van der Waals surface area contributed by atoms with Crippen LogP contribution in [0.5, 0.6) is 11.5 Å². The number of methoxy groups -OCH3 is 1. The van der Waals surface area contributed by atoms with E-state index in [0.717, 1.165) is 0 Å². The van der Waals surface area contributed by atoms with Gasteiger partial charge in [-0.3, -0.25) is 14.2 Å². The van der Waals surface area contributed by atoms with Crippen molar-refractivity contribution < 1.29 is 27.8 Å². The maximum atomic E-state index is 14.6. The molecule has 10 heteroatoms. The van der Waals surface area contributed by atoms with Gasteiger partial charge in [0, 0.05) is 43.3 Å². The Bertz CT molecular complexity index is 1510. The number of aromatic nitrogens is 2. The maximum absolute atomic E-state index is 14.6. The Hall–Kier alpha value is -3.92. The number of carbonyl (C=O) groups is 1. The van der Waals surface area contributed by atoms with Crippen molar-refractivity contribution in [3.63, 3.8) is 0 Å². The van der Waals surface area contributed by atoms with Crippen molar-refractivity contribution in [1.82, 2.24) is 14.0 Å². The molecule has 1 fully saturated rings. The molecular formula is C25H23F2N3O5. The van der Waals surface area contributed by atoms with Gasteiger partial charge in [-0.2, -0.15) is 0 Å². The van der Waals surface area contributed by atoms with E-state index in [1.54, 1.807) is 28.8 Å². The lowest BCUT2D eigenvalue weighted by Crippen LogP contribution is -2.41. The van der Waals surface area contributed by atoms with Crippen LogP contribution in [0, 0.1) is 5.82 Å². The molecule has 182 valence electrons. The number of carbonyl (C=O) groups excluding carboxylic acids is 1. The first-order valence-electron chi connectivity index (χ1n) is 11.0. The van der Waals surface area contributed by atoms with Gasteiger partial charge in [-0.25, -0.2) is 8.78 Å². The van der Waals surface area contributed by atoms with Crippen LogP contribution in [0.2, 0.25) is 0 Å². The summed E-state index contributed by atoms with van der Waals surface area (Å²) in [4.78, 5) is 28.9. The molecule has 0 spiro atoms. The number of rotatable bonds is 5. The van der Waals surface area contributed by atoms with Crippen molar-refractivity contribution in [1.29, 1.82) is 0 Å². The second kappa shape index (κ2) is 9.03. The zero-order valence-corrected chi connectivity index (χ0v) is 19.2. The van der Waals surface area contributed by atoms with Gasteiger partial charge in [0.1, 0.15) is 5.82 Å². The summed E-state index contributed by atoms with van der Waals surface area (Å²) in [6, 6.07) is 7.24. The Balaban J connectivity index is 1.83. The third-order valence-corrected chi connectivity index (χ3v) is 6.25. The van der Waals surface area contributed by atoms with E-state index in [9.17, 15) is 18.4 Å². The highest BCUT2D eigenvalue weighted by Crippen LogP contribution is 2.34. The average Bonchev–Trinajstić information content (AvgIpc) is 3.24. The van der Waals surface area contributed by atoms with Crippen LogP contribution in [0.15, 0.2) is 47.5 Å². The summed E-state index contributed by atoms with van der Waals surface area (Å²) in [7, 11) is 3.16. The highest BCUT2D eigenvalue weighted by Gasteiger charge is 2.25. The second-order valence-electron chi connectivity index (χ2n) is 8.21. The predicted octanol–water partition coefficient (Wildman–Crippen LogP) is 3.41. The minimum absolute atomic E-state index is 0.0196. The largest absolute Gasteiger partial charge is 0.493 e. The fourth-order valence-electron chi connectivity index (χ4n) is 4.48. The van der Waals surface area contributed by atoms with Gasteiger partial charge in [0.25, 0.3) is 11.5 Å². The van der Waals surface area contributed by atoms with E-state index in [1.165, 1.54) is 42.1 Å². The molecule has 0 aliphatic carbocycles. The molecule has 1 amide bonds. The van der Waals surface area contributed by atoms with Gasteiger partial charge >= 0.3 is 0 Å². The highest BCUT2D eigenvalue weighted by atomic mass is 19.1. The maximum Gasteiger partial charge on any atom is 0.263 e. The topological polar surface area (TPSA) is 74.9 Å². The van der Waals surface area contributed by atoms with E-state index in [-0.39, 0.29) is 34.0 Å². The van der Waals surface area contributed by atoms with Gasteiger partial charge in [0.2, 0.25) is 6.86 Å². The van der Waals surface area contributed by atoms with Crippen LogP contribution in [-0.2, 0) is 11.8 Å². The first kappa shape index (κ1) is 22.9. The van der Waals surface area contributed by atoms with E-state index in [1.807, 2.05) is 0 Å². The fraction of sp³-hybridized carbons (Fsp3) is 0.280. The Morgan fingerprint density at radius 3 is 2.54 bits per heavy atom. The minimum atomic E-state index is -1.13. The normalized spacial score (nSPS) is 14.0. The standard InChI is InChI=1S/C25H23F2N3O5/c1-28-4-3-16-20(28)9-15(27)10-21(16)30-13-19(24(31)29-5-7-34-8-6-29)17-11-22(33-2)23(35-14-26)12-18(17)25(30)32/h3-4,9-13H,5-8,14H2,1-2H3. The monoisotopic (exact) mass is 483 g/mol. The number of fused-ring (bicyclic) bond motifs is 2. The lowest BCUT2D eigenvalue weighted by molar-refractivity contribution is 0.0304. The molecule has 2 aromatic heterocycles. The molecule has 1 aliphatic heterocycles. The van der Waals surface area contributed by atoms with Crippen molar-refractivity contribution in [3.05, 3.63) is 64.5 Å². The number of aryl methyl sites for hydroxylation is 1. The molecule has 1 aliphatic rings. The first-order valence-corrected chi connectivity index (χ1v) is 11.0. The lowest BCUT2D eigenvalue weighted by atomic mass is 10.0. The van der Waals surface area contributed by atoms with Gasteiger partial charge < -0.3 is 23.7 Å². The number of hydrogen-bond donors (Lipinski definition) is 0. The molecule has 0 atom stereocenters. The summed E-state index contributed by atoms with van der Waals surface area (Å²) in [6.07, 6.45) is 3.19. The number of benzene rings is 2. The van der Waals surface area contributed by atoms with Gasteiger partial charge in [-0.15, -0.1) is 0 Å². The molecule has 3 heterocycles. The third kappa shape index (κ3) is 3.89. The van der Waals surface area contributed by atoms with Crippen LogP contribution in [0.4, 0.5) is 8.78 Å². The summed E-state index contributed by atoms with van der Waals surface area (Å²) in [5.74, 6) is -0.640. The van der Waals surface area contributed by atoms with Gasteiger partial charge in [-0.1, -0.05) is 0 Å². The van der Waals surface area contributed by atoms with Gasteiger partial charge in [-0.05, 0) is 30.3 Å². The number of morpholine rings is 1. The Morgan fingerprint density at radius 2 is 1.83 bits per heavy atom. The molecule has 1 saturated heterocycles. The van der Waals surface area contributed by atoms with Crippen molar-refractivity contribution >= 4 is 27.6 Å². The average molecular weight is 483 g/mol. The zero-order chi connectivity index (χ0) is 24.7. The number of pyridine rings is 1. The van der Waals surface area contributed by atoms with Crippen LogP contribution in [0.1, 0.15) is 10.4 Å². The second-order valence-corrected chi connectivity index (χ2v) is 8.21. The number of hydrogen-bond acceptors (Lipinski definition) is 5. The number of ether oxygens (including phenoxy) is 3. The third-order valence-electron chi connectivity index (χ3n) is 6.25. The molecule has 2 aromatic carbocycles. The van der Waals surface area contributed by atoms with E-state index in [4.69, 9.17) is 14.2 Å². The fourth-order valence-corrected chi connectivity index (χ4v) is 4.48. The summed E-state index contributed by atoms with van der Waals surface area (Å²) in [6.45, 7) is 0.452. The number of alkyl halides is 1. The Labute approximate surface area is 198 Å².